The summed E-state index contributed by atoms with van der Waals surface area (Å²) in [5.74, 6) is -0.343. The predicted octanol–water partition coefficient (Wildman–Crippen LogP) is 4.05. The van der Waals surface area contributed by atoms with Gasteiger partial charge in [-0.15, -0.1) is 0 Å². The maximum Gasteiger partial charge on any atom is 0.217 e. The first-order valence-corrected chi connectivity index (χ1v) is 8.61. The van der Waals surface area contributed by atoms with Crippen LogP contribution in [0.25, 0.3) is 0 Å². The van der Waals surface area contributed by atoms with Gasteiger partial charge in [-0.2, -0.15) is 0 Å². The van der Waals surface area contributed by atoms with Crippen molar-refractivity contribution in [1.29, 1.82) is 0 Å². The van der Waals surface area contributed by atoms with Gasteiger partial charge in [0, 0.05) is 12.8 Å². The Morgan fingerprint density at radius 2 is 0.857 bits per heavy atom. The average Bonchev–Trinajstić information content (AvgIpc) is 2.42. The number of rotatable bonds is 13. The number of primary amides is 2. The maximum atomic E-state index is 10.4. The summed E-state index contributed by atoms with van der Waals surface area (Å²) in [6.07, 6.45) is 14.4. The lowest BCUT2D eigenvalue weighted by Gasteiger charge is -1.99. The van der Waals surface area contributed by atoms with Gasteiger partial charge in [0.15, 0.2) is 0 Å². The summed E-state index contributed by atoms with van der Waals surface area (Å²) in [5, 5.41) is 0. The molecule has 0 aliphatic carbocycles. The third-order valence-electron chi connectivity index (χ3n) is 3.30. The van der Waals surface area contributed by atoms with E-state index in [0.29, 0.717) is 12.8 Å². The molecule has 0 rings (SSSR count). The lowest BCUT2D eigenvalue weighted by Crippen LogP contribution is -2.09. The van der Waals surface area contributed by atoms with E-state index in [9.17, 15) is 9.59 Å². The highest BCUT2D eigenvalue weighted by atomic mass is 16.1. The van der Waals surface area contributed by atoms with E-state index >= 15 is 0 Å². The summed E-state index contributed by atoms with van der Waals surface area (Å²) in [6, 6.07) is 0. The molecule has 0 aromatic carbocycles. The van der Waals surface area contributed by atoms with Crippen molar-refractivity contribution in [2.75, 3.05) is 0 Å². The predicted molar refractivity (Wildman–Crippen MR) is 89.8 cm³/mol. The summed E-state index contributed by atoms with van der Waals surface area (Å²) in [4.78, 5) is 20.5. The van der Waals surface area contributed by atoms with Crippen molar-refractivity contribution in [1.82, 2.24) is 0 Å². The van der Waals surface area contributed by atoms with E-state index in [-0.39, 0.29) is 11.8 Å². The van der Waals surface area contributed by atoms with E-state index in [1.165, 1.54) is 38.5 Å². The van der Waals surface area contributed by atoms with Gasteiger partial charge in [0.2, 0.25) is 11.8 Å². The topological polar surface area (TPSA) is 86.2 Å². The molecule has 2 amide bonds. The van der Waals surface area contributed by atoms with Gasteiger partial charge in [0.1, 0.15) is 0 Å². The first-order valence-electron chi connectivity index (χ1n) is 8.61. The molecule has 21 heavy (non-hydrogen) atoms. The molecule has 0 unspecified atom stereocenters. The van der Waals surface area contributed by atoms with Crippen molar-refractivity contribution >= 4 is 11.8 Å². The van der Waals surface area contributed by atoms with Crippen LogP contribution < -0.4 is 11.5 Å². The Morgan fingerprint density at radius 1 is 0.571 bits per heavy atom. The maximum absolute atomic E-state index is 10.4. The van der Waals surface area contributed by atoms with E-state index in [2.05, 4.69) is 13.8 Å². The van der Waals surface area contributed by atoms with E-state index in [4.69, 9.17) is 11.5 Å². The van der Waals surface area contributed by atoms with Crippen LogP contribution in [0.15, 0.2) is 0 Å². The van der Waals surface area contributed by atoms with E-state index < -0.39 is 0 Å². The SMILES string of the molecule is CCCCCC(N)=O.CCCCCCCCCCC(N)=O. The molecule has 0 atom stereocenters. The smallest absolute Gasteiger partial charge is 0.217 e. The minimum absolute atomic E-state index is 0.161. The number of amides is 2. The van der Waals surface area contributed by atoms with Gasteiger partial charge in [-0.1, -0.05) is 71.6 Å². The van der Waals surface area contributed by atoms with Crippen LogP contribution in [0.5, 0.6) is 0 Å². The quantitative estimate of drug-likeness (QED) is 0.503. The number of carbonyl (C=O) groups is 2. The van der Waals surface area contributed by atoms with Gasteiger partial charge >= 0.3 is 0 Å². The normalized spacial score (nSPS) is 9.81. The Hall–Kier alpha value is -1.06. The highest BCUT2D eigenvalue weighted by molar-refractivity contribution is 5.73. The van der Waals surface area contributed by atoms with Crippen molar-refractivity contribution in [3.63, 3.8) is 0 Å². The number of carbonyl (C=O) groups excluding carboxylic acids is 2. The summed E-state index contributed by atoms with van der Waals surface area (Å²) in [5.41, 5.74) is 9.93. The highest BCUT2D eigenvalue weighted by Crippen LogP contribution is 2.09. The molecule has 0 saturated carbocycles. The zero-order valence-corrected chi connectivity index (χ0v) is 14.2. The van der Waals surface area contributed by atoms with Crippen LogP contribution in [0.1, 0.15) is 97.3 Å². The molecular weight excluding hydrogens is 264 g/mol. The van der Waals surface area contributed by atoms with Crippen molar-refractivity contribution < 1.29 is 9.59 Å². The molecule has 4 N–H and O–H groups in total. The second-order valence-corrected chi connectivity index (χ2v) is 5.61. The zero-order chi connectivity index (χ0) is 16.3. The molecule has 0 heterocycles. The summed E-state index contributed by atoms with van der Waals surface area (Å²) in [7, 11) is 0. The zero-order valence-electron chi connectivity index (χ0n) is 14.2. The van der Waals surface area contributed by atoms with Crippen LogP contribution in [0.4, 0.5) is 0 Å². The number of nitrogens with two attached hydrogens (primary N) is 2. The third kappa shape index (κ3) is 28.0. The molecule has 0 fully saturated rings. The van der Waals surface area contributed by atoms with Crippen LogP contribution in [-0.4, -0.2) is 11.8 Å². The standard InChI is InChI=1S/C11H23NO.C6H13NO/c1-2-3-4-5-6-7-8-9-10-11(12)13;1-2-3-4-5-6(7)8/h2-10H2,1H3,(H2,12,13);2-5H2,1H3,(H2,7,8). The largest absolute Gasteiger partial charge is 0.370 e. The molecule has 0 saturated heterocycles. The monoisotopic (exact) mass is 300 g/mol. The Labute approximate surface area is 131 Å². The molecule has 0 aromatic rings. The lowest BCUT2D eigenvalue weighted by molar-refractivity contribution is -0.119. The fraction of sp³-hybridized carbons (Fsp3) is 0.882. The minimum atomic E-state index is -0.182. The Balaban J connectivity index is 0. The van der Waals surface area contributed by atoms with Crippen molar-refractivity contribution in [3.05, 3.63) is 0 Å². The van der Waals surface area contributed by atoms with Crippen LogP contribution in [0, 0.1) is 0 Å². The highest BCUT2D eigenvalue weighted by Gasteiger charge is 1.94. The molecule has 0 aliphatic rings. The van der Waals surface area contributed by atoms with Crippen LogP contribution in [-0.2, 0) is 9.59 Å². The number of hydrogen-bond donors (Lipinski definition) is 2. The van der Waals surface area contributed by atoms with Gasteiger partial charge in [-0.05, 0) is 12.8 Å². The van der Waals surface area contributed by atoms with E-state index in [1.54, 1.807) is 0 Å². The van der Waals surface area contributed by atoms with Crippen LogP contribution >= 0.6 is 0 Å². The minimum Gasteiger partial charge on any atom is -0.370 e. The molecule has 0 aliphatic heterocycles. The molecule has 126 valence electrons. The summed E-state index contributed by atoms with van der Waals surface area (Å²) < 4.78 is 0. The third-order valence-corrected chi connectivity index (χ3v) is 3.30. The lowest BCUT2D eigenvalue weighted by atomic mass is 10.1. The van der Waals surface area contributed by atoms with Crippen molar-refractivity contribution in [2.24, 2.45) is 11.5 Å². The van der Waals surface area contributed by atoms with Crippen LogP contribution in [0.2, 0.25) is 0 Å². The van der Waals surface area contributed by atoms with Gasteiger partial charge < -0.3 is 11.5 Å². The van der Waals surface area contributed by atoms with Gasteiger partial charge in [0.25, 0.3) is 0 Å². The molecule has 0 aromatic heterocycles. The van der Waals surface area contributed by atoms with Gasteiger partial charge in [-0.25, -0.2) is 0 Å². The van der Waals surface area contributed by atoms with Gasteiger partial charge in [0.05, 0.1) is 0 Å². The van der Waals surface area contributed by atoms with Crippen LogP contribution in [0.3, 0.4) is 0 Å². The molecule has 4 heteroatoms. The van der Waals surface area contributed by atoms with E-state index in [1.807, 2.05) is 0 Å². The molecule has 0 radical (unpaired) electrons. The number of unbranched alkanes of at least 4 members (excludes halogenated alkanes) is 9. The Bertz CT molecular complexity index is 243. The molecular formula is C17H36N2O2. The first-order chi connectivity index (χ1) is 10.0. The fourth-order valence-electron chi connectivity index (χ4n) is 1.98. The van der Waals surface area contributed by atoms with Crippen molar-refractivity contribution in [3.8, 4) is 0 Å². The summed E-state index contributed by atoms with van der Waals surface area (Å²) >= 11 is 0. The first kappa shape index (κ1) is 22.2. The number of hydrogen-bond acceptors (Lipinski definition) is 2. The average molecular weight is 300 g/mol. The Kier molecular flexibility index (Phi) is 20.0. The Morgan fingerprint density at radius 3 is 1.24 bits per heavy atom. The second kappa shape index (κ2) is 18.9. The molecule has 0 bridgehead atoms. The molecule has 0 spiro atoms. The fourth-order valence-corrected chi connectivity index (χ4v) is 1.98. The van der Waals surface area contributed by atoms with E-state index in [0.717, 1.165) is 32.1 Å². The van der Waals surface area contributed by atoms with Gasteiger partial charge in [-0.3, -0.25) is 9.59 Å². The molecule has 4 nitrogen and oxygen atoms in total. The summed E-state index contributed by atoms with van der Waals surface area (Å²) in [6.45, 7) is 4.33. The second-order valence-electron chi connectivity index (χ2n) is 5.61. The van der Waals surface area contributed by atoms with Crippen molar-refractivity contribution in [2.45, 2.75) is 97.3 Å².